The zero-order valence-electron chi connectivity index (χ0n) is 19.4. The molecule has 0 aromatic carbocycles. The molecule has 182 valence electrons. The minimum absolute atomic E-state index is 0. The highest BCUT2D eigenvalue weighted by atomic mass is 32.1. The van der Waals surface area contributed by atoms with Crippen molar-refractivity contribution in [2.45, 2.75) is 26.8 Å². The third-order valence-corrected chi connectivity index (χ3v) is 7.52. The molecule has 12 heteroatoms. The normalized spacial score (nSPS) is 15.9. The lowest BCUT2D eigenvalue weighted by Gasteiger charge is -2.39. The number of pyridine rings is 1. The number of anilines is 3. The monoisotopic (exact) mass is 512 g/mol. The number of nitrogens with one attached hydrogen (secondary N) is 1. The molecule has 0 radical (unpaired) electrons. The van der Waals surface area contributed by atoms with E-state index >= 15 is 0 Å². The Labute approximate surface area is 211 Å². The minimum atomic E-state index is -0.471. The van der Waals surface area contributed by atoms with Gasteiger partial charge in [-0.15, -0.1) is 22.7 Å². The van der Waals surface area contributed by atoms with Crippen LogP contribution in [0.3, 0.4) is 0 Å². The van der Waals surface area contributed by atoms with Crippen LogP contribution in [0.4, 0.5) is 21.3 Å². The summed E-state index contributed by atoms with van der Waals surface area (Å²) < 4.78 is 13.1. The van der Waals surface area contributed by atoms with E-state index in [2.05, 4.69) is 30.2 Å². The molecule has 1 amide bonds. The third-order valence-electron chi connectivity index (χ3n) is 5.66. The number of amides is 1. The average molecular weight is 513 g/mol. The van der Waals surface area contributed by atoms with Crippen molar-refractivity contribution in [3.05, 3.63) is 58.2 Å². The van der Waals surface area contributed by atoms with Crippen molar-refractivity contribution in [1.29, 1.82) is 0 Å². The fraction of sp³-hybridized carbons (Fsp3) is 0.304. The second-order valence-corrected chi connectivity index (χ2v) is 10.3. The molecule has 1 atom stereocenters. The number of hydrogen-bond acceptors (Lipinski definition) is 10. The van der Waals surface area contributed by atoms with E-state index < -0.39 is 5.82 Å². The van der Waals surface area contributed by atoms with Crippen molar-refractivity contribution < 1.29 is 10.6 Å². The smallest absolute Gasteiger partial charge is 0.255 e. The fourth-order valence-electron chi connectivity index (χ4n) is 3.98. The van der Waals surface area contributed by atoms with Crippen LogP contribution in [0.5, 0.6) is 0 Å². The first kappa shape index (κ1) is 23.2. The molecular formula is C23H25FN8OS2. The summed E-state index contributed by atoms with van der Waals surface area (Å²) in [5.41, 5.74) is 2.39. The van der Waals surface area contributed by atoms with Gasteiger partial charge in [-0.3, -0.25) is 4.79 Å². The van der Waals surface area contributed by atoms with E-state index in [1.807, 2.05) is 36.0 Å². The molecule has 1 aliphatic heterocycles. The van der Waals surface area contributed by atoms with Crippen LogP contribution in [0, 0.1) is 19.7 Å². The number of carbonyl (C=O) groups excluding carboxylic acids is 1. The number of carbonyl (C=O) groups is 1. The van der Waals surface area contributed by atoms with Gasteiger partial charge in [0.1, 0.15) is 5.82 Å². The Kier molecular flexibility index (Phi) is 6.39. The van der Waals surface area contributed by atoms with Gasteiger partial charge in [0, 0.05) is 38.7 Å². The predicted molar refractivity (Wildman–Crippen MR) is 137 cm³/mol. The Hall–Kier alpha value is -3.51. The number of aromatic nitrogens is 5. The molecule has 1 N–H and O–H groups in total. The van der Waals surface area contributed by atoms with Crippen LogP contribution in [0.15, 0.2) is 36.1 Å². The lowest BCUT2D eigenvalue weighted by molar-refractivity contribution is 0.0673. The lowest BCUT2D eigenvalue weighted by atomic mass is 10.1. The number of halogens is 1. The number of aryl methyl sites for hydroxylation is 2. The Balaban J connectivity index is 0.00000304. The molecule has 35 heavy (non-hydrogen) atoms. The average Bonchev–Trinajstić information content (AvgIpc) is 3.44. The van der Waals surface area contributed by atoms with Crippen LogP contribution in [0.2, 0.25) is 0 Å². The number of rotatable bonds is 5. The Morgan fingerprint density at radius 2 is 1.94 bits per heavy atom. The van der Waals surface area contributed by atoms with Crippen molar-refractivity contribution in [3.8, 4) is 10.6 Å². The highest BCUT2D eigenvalue weighted by molar-refractivity contribution is 7.16. The maximum Gasteiger partial charge on any atom is 0.255 e. The molecular weight excluding hydrogens is 487 g/mol. The van der Waals surface area contributed by atoms with Crippen LogP contribution >= 0.6 is 22.7 Å². The first-order valence-electron chi connectivity index (χ1n) is 11.0. The van der Waals surface area contributed by atoms with Crippen molar-refractivity contribution in [2.75, 3.05) is 29.9 Å². The first-order chi connectivity index (χ1) is 16.9. The minimum Gasteiger partial charge on any atom is -0.337 e. The molecule has 0 unspecified atom stereocenters. The molecule has 1 saturated heterocycles. The Bertz CT molecular complexity index is 1350. The van der Waals surface area contributed by atoms with Gasteiger partial charge < -0.3 is 15.1 Å². The van der Waals surface area contributed by atoms with Gasteiger partial charge >= 0.3 is 0 Å². The van der Waals surface area contributed by atoms with E-state index in [9.17, 15) is 9.18 Å². The maximum absolute atomic E-state index is 13.1. The molecule has 4 aromatic heterocycles. The number of hydrogen-bond donors (Lipinski definition) is 1. The molecule has 5 heterocycles. The zero-order chi connectivity index (χ0) is 24.5. The first-order valence-corrected chi connectivity index (χ1v) is 12.7. The van der Waals surface area contributed by atoms with Gasteiger partial charge in [-0.05, 0) is 32.9 Å². The number of nitrogens with zero attached hydrogens (tertiary/aromatic N) is 7. The zero-order valence-corrected chi connectivity index (χ0v) is 21.0. The van der Waals surface area contributed by atoms with E-state index in [4.69, 9.17) is 0 Å². The van der Waals surface area contributed by atoms with Crippen molar-refractivity contribution >= 4 is 45.5 Å². The van der Waals surface area contributed by atoms with E-state index in [-0.39, 0.29) is 13.4 Å². The molecule has 4 aromatic rings. The second kappa shape index (κ2) is 9.62. The topological polar surface area (TPSA) is 100 Å². The quantitative estimate of drug-likeness (QED) is 0.416. The van der Waals surface area contributed by atoms with Gasteiger partial charge in [-0.2, -0.15) is 0 Å². The van der Waals surface area contributed by atoms with E-state index in [0.717, 1.165) is 38.8 Å². The van der Waals surface area contributed by atoms with Gasteiger partial charge in [0.25, 0.3) is 5.91 Å². The van der Waals surface area contributed by atoms with E-state index in [1.165, 1.54) is 11.3 Å². The molecule has 0 bridgehead atoms. The van der Waals surface area contributed by atoms with Gasteiger partial charge in [0.15, 0.2) is 10.9 Å². The predicted octanol–water partition coefficient (Wildman–Crippen LogP) is 4.55. The van der Waals surface area contributed by atoms with Crippen LogP contribution in [0.25, 0.3) is 10.6 Å². The molecule has 5 rings (SSSR count). The van der Waals surface area contributed by atoms with Crippen molar-refractivity contribution in [1.82, 2.24) is 29.8 Å². The number of thiazole rings is 2. The van der Waals surface area contributed by atoms with Crippen LogP contribution in [-0.4, -0.2) is 61.4 Å². The summed E-state index contributed by atoms with van der Waals surface area (Å²) in [6.45, 7) is 7.60. The molecule has 1 fully saturated rings. The van der Waals surface area contributed by atoms with Crippen molar-refractivity contribution in [2.24, 2.45) is 0 Å². The summed E-state index contributed by atoms with van der Waals surface area (Å²) in [4.78, 5) is 39.6. The van der Waals surface area contributed by atoms with Gasteiger partial charge in [0.05, 0.1) is 39.2 Å². The summed E-state index contributed by atoms with van der Waals surface area (Å²) in [6, 6.07) is 3.49. The van der Waals surface area contributed by atoms with E-state index in [1.54, 1.807) is 29.7 Å². The SMILES string of the molecule is Cc1nc(C)c(-c2csc(Nc3ccc(C(=O)N4CCN(c5ncc(F)cn5)C[C@H]4C)cn3)n2)s1.[HH]. The summed E-state index contributed by atoms with van der Waals surface area (Å²) in [7, 11) is 0. The summed E-state index contributed by atoms with van der Waals surface area (Å²) in [5, 5.41) is 6.95. The van der Waals surface area contributed by atoms with Crippen LogP contribution in [0.1, 0.15) is 29.4 Å². The largest absolute Gasteiger partial charge is 0.337 e. The molecule has 0 saturated carbocycles. The molecule has 0 spiro atoms. The fourth-order valence-corrected chi connectivity index (χ4v) is 5.65. The Morgan fingerprint density at radius 1 is 1.14 bits per heavy atom. The summed E-state index contributed by atoms with van der Waals surface area (Å²) in [5.74, 6) is 0.532. The van der Waals surface area contributed by atoms with Gasteiger partial charge in [0.2, 0.25) is 5.95 Å². The van der Waals surface area contributed by atoms with Crippen LogP contribution in [-0.2, 0) is 0 Å². The highest BCUT2D eigenvalue weighted by Gasteiger charge is 2.29. The third kappa shape index (κ3) is 4.98. The summed E-state index contributed by atoms with van der Waals surface area (Å²) >= 11 is 3.12. The molecule has 1 aliphatic rings. The lowest BCUT2D eigenvalue weighted by Crippen LogP contribution is -2.54. The number of piperazine rings is 1. The Morgan fingerprint density at radius 3 is 2.60 bits per heavy atom. The standard InChI is InChI=1S/C23H23FN8OS2.H2/c1-13-11-31(22-26-9-17(24)10-27-22)6-7-32(13)21(33)16-4-5-19(25-8-16)30-23-29-18(12-34-23)20-14(2)28-15(3)35-20;/h4-5,8-10,12-13H,6-7,11H2,1-3H3,(H,25,29,30);1H/t13-;/m1./s1. The van der Waals surface area contributed by atoms with Gasteiger partial charge in [-0.1, -0.05) is 0 Å². The van der Waals surface area contributed by atoms with Crippen LogP contribution < -0.4 is 10.2 Å². The van der Waals surface area contributed by atoms with E-state index in [0.29, 0.717) is 37.0 Å². The maximum atomic E-state index is 13.1. The summed E-state index contributed by atoms with van der Waals surface area (Å²) in [6.07, 6.45) is 3.89. The second-order valence-electron chi connectivity index (χ2n) is 8.24. The molecule has 0 aliphatic carbocycles. The van der Waals surface area contributed by atoms with Crippen molar-refractivity contribution in [3.63, 3.8) is 0 Å². The highest BCUT2D eigenvalue weighted by Crippen LogP contribution is 2.32. The molecule has 9 nitrogen and oxygen atoms in total. The van der Waals surface area contributed by atoms with Gasteiger partial charge in [-0.25, -0.2) is 29.3 Å².